The van der Waals surface area contributed by atoms with Gasteiger partial charge in [0.15, 0.2) is 0 Å². The summed E-state index contributed by atoms with van der Waals surface area (Å²) in [5, 5.41) is 2.99. The fourth-order valence-electron chi connectivity index (χ4n) is 1.82. The second kappa shape index (κ2) is 4.31. The molecule has 15 heavy (non-hydrogen) atoms. The molecule has 4 heteroatoms. The van der Waals surface area contributed by atoms with E-state index in [2.05, 4.69) is 33.2 Å². The van der Waals surface area contributed by atoms with Gasteiger partial charge in [-0.1, -0.05) is 6.92 Å². The molecule has 0 spiro atoms. The molecule has 0 atom stereocenters. The third-order valence-corrected chi connectivity index (χ3v) is 3.11. The van der Waals surface area contributed by atoms with E-state index in [-0.39, 0.29) is 5.91 Å². The predicted octanol–water partition coefficient (Wildman–Crippen LogP) is 2.37. The molecule has 1 amide bonds. The molecule has 1 heterocycles. The summed E-state index contributed by atoms with van der Waals surface area (Å²) in [6, 6.07) is 2.14. The Morgan fingerprint density at radius 3 is 2.87 bits per heavy atom. The molecule has 1 aromatic heterocycles. The monoisotopic (exact) mass is 268 g/mol. The van der Waals surface area contributed by atoms with Crippen LogP contribution in [0.2, 0.25) is 0 Å². The van der Waals surface area contributed by atoms with Gasteiger partial charge < -0.3 is 5.32 Å². The van der Waals surface area contributed by atoms with Crippen LogP contribution in [0.1, 0.15) is 30.1 Å². The first-order chi connectivity index (χ1) is 7.15. The third kappa shape index (κ3) is 2.56. The van der Waals surface area contributed by atoms with E-state index in [1.807, 2.05) is 0 Å². The number of hydrogen-bond acceptors (Lipinski definition) is 2. The fourth-order valence-corrected chi connectivity index (χ4v) is 2.19. The van der Waals surface area contributed by atoms with Gasteiger partial charge in [-0.25, -0.2) is 0 Å². The lowest BCUT2D eigenvalue weighted by atomic mass is 9.82. The van der Waals surface area contributed by atoms with Gasteiger partial charge in [-0.3, -0.25) is 9.78 Å². The summed E-state index contributed by atoms with van der Waals surface area (Å²) in [5.74, 6) is 0.719. The van der Waals surface area contributed by atoms with Gasteiger partial charge in [0, 0.05) is 22.9 Å². The molecule has 1 N–H and O–H groups in total. The third-order valence-electron chi connectivity index (χ3n) is 2.68. The van der Waals surface area contributed by atoms with Crippen molar-refractivity contribution in [1.82, 2.24) is 10.3 Å². The molecule has 1 fully saturated rings. The van der Waals surface area contributed by atoms with Crippen LogP contribution >= 0.6 is 15.9 Å². The lowest BCUT2D eigenvalue weighted by Crippen LogP contribution is -2.43. The number of rotatable bonds is 2. The van der Waals surface area contributed by atoms with Gasteiger partial charge in [0.05, 0.1) is 5.56 Å². The molecule has 0 aromatic carbocycles. The van der Waals surface area contributed by atoms with E-state index in [1.54, 1.807) is 18.5 Å². The topological polar surface area (TPSA) is 42.0 Å². The first-order valence-corrected chi connectivity index (χ1v) is 5.86. The molecule has 2 rings (SSSR count). The van der Waals surface area contributed by atoms with E-state index < -0.39 is 0 Å². The summed E-state index contributed by atoms with van der Waals surface area (Å²) in [4.78, 5) is 15.7. The molecule has 0 saturated heterocycles. The molecular formula is C11H13BrN2O. The van der Waals surface area contributed by atoms with E-state index >= 15 is 0 Å². The molecule has 1 aromatic rings. The smallest absolute Gasteiger partial charge is 0.253 e. The first-order valence-electron chi connectivity index (χ1n) is 5.06. The molecule has 1 aliphatic carbocycles. The van der Waals surface area contributed by atoms with Crippen LogP contribution in [-0.4, -0.2) is 16.9 Å². The minimum Gasteiger partial charge on any atom is -0.349 e. The van der Waals surface area contributed by atoms with Crippen molar-refractivity contribution in [2.75, 3.05) is 0 Å². The van der Waals surface area contributed by atoms with Gasteiger partial charge in [-0.05, 0) is 40.8 Å². The number of carbonyl (C=O) groups excluding carboxylic acids is 1. The standard InChI is InChI=1S/C11H13BrN2O/c1-7-2-10(3-7)14-11(15)8-4-9(12)6-13-5-8/h4-7,10H,2-3H2,1H3,(H,14,15). The number of hydrogen-bond donors (Lipinski definition) is 1. The first kappa shape index (κ1) is 10.6. The SMILES string of the molecule is CC1CC(NC(=O)c2cncc(Br)c2)C1. The molecule has 0 radical (unpaired) electrons. The predicted molar refractivity (Wildman–Crippen MR) is 61.6 cm³/mol. The van der Waals surface area contributed by atoms with Crippen LogP contribution < -0.4 is 5.32 Å². The maximum Gasteiger partial charge on any atom is 0.253 e. The summed E-state index contributed by atoms with van der Waals surface area (Å²) in [7, 11) is 0. The number of amides is 1. The van der Waals surface area contributed by atoms with E-state index in [9.17, 15) is 4.79 Å². The van der Waals surface area contributed by atoms with Crippen molar-refractivity contribution in [3.63, 3.8) is 0 Å². The summed E-state index contributed by atoms with van der Waals surface area (Å²) in [5.41, 5.74) is 0.615. The molecule has 0 unspecified atom stereocenters. The summed E-state index contributed by atoms with van der Waals surface area (Å²) in [6.45, 7) is 2.20. The fraction of sp³-hybridized carbons (Fsp3) is 0.455. The molecule has 80 valence electrons. The Bertz CT molecular complexity index is 375. The number of pyridine rings is 1. The number of carbonyl (C=O) groups is 1. The van der Waals surface area contributed by atoms with Crippen LogP contribution in [0, 0.1) is 5.92 Å². The zero-order chi connectivity index (χ0) is 10.8. The van der Waals surface area contributed by atoms with Gasteiger partial charge in [0.1, 0.15) is 0 Å². The number of aromatic nitrogens is 1. The van der Waals surface area contributed by atoms with Crippen molar-refractivity contribution in [1.29, 1.82) is 0 Å². The second-order valence-electron chi connectivity index (χ2n) is 4.14. The molecule has 3 nitrogen and oxygen atoms in total. The van der Waals surface area contributed by atoms with Crippen LogP contribution in [0.4, 0.5) is 0 Å². The Kier molecular flexibility index (Phi) is 3.05. The van der Waals surface area contributed by atoms with Crippen molar-refractivity contribution < 1.29 is 4.79 Å². The maximum atomic E-state index is 11.7. The van der Waals surface area contributed by atoms with Crippen LogP contribution in [0.5, 0.6) is 0 Å². The Labute approximate surface area is 97.4 Å². The van der Waals surface area contributed by atoms with Crippen LogP contribution in [-0.2, 0) is 0 Å². The number of halogens is 1. The van der Waals surface area contributed by atoms with Gasteiger partial charge >= 0.3 is 0 Å². The van der Waals surface area contributed by atoms with Gasteiger partial charge in [-0.15, -0.1) is 0 Å². The lowest BCUT2D eigenvalue weighted by molar-refractivity contribution is 0.0895. The summed E-state index contributed by atoms with van der Waals surface area (Å²) in [6.07, 6.45) is 5.44. The molecule has 1 aliphatic rings. The van der Waals surface area contributed by atoms with Gasteiger partial charge in [0.25, 0.3) is 5.91 Å². The van der Waals surface area contributed by atoms with Crippen molar-refractivity contribution in [2.45, 2.75) is 25.8 Å². The Hall–Kier alpha value is -0.900. The second-order valence-corrected chi connectivity index (χ2v) is 5.05. The maximum absolute atomic E-state index is 11.7. The van der Waals surface area contributed by atoms with E-state index in [1.165, 1.54) is 0 Å². The van der Waals surface area contributed by atoms with Gasteiger partial charge in [0.2, 0.25) is 0 Å². The Balaban J connectivity index is 1.96. The number of nitrogens with zero attached hydrogens (tertiary/aromatic N) is 1. The van der Waals surface area contributed by atoms with E-state index in [0.717, 1.165) is 23.2 Å². The van der Waals surface area contributed by atoms with Crippen LogP contribution in [0.15, 0.2) is 22.9 Å². The molecular weight excluding hydrogens is 256 g/mol. The quantitative estimate of drug-likeness (QED) is 0.895. The van der Waals surface area contributed by atoms with E-state index in [4.69, 9.17) is 0 Å². The normalized spacial score (nSPS) is 24.4. The van der Waals surface area contributed by atoms with Crippen LogP contribution in [0.3, 0.4) is 0 Å². The Morgan fingerprint density at radius 2 is 2.27 bits per heavy atom. The highest BCUT2D eigenvalue weighted by molar-refractivity contribution is 9.10. The summed E-state index contributed by atoms with van der Waals surface area (Å²) >= 11 is 3.29. The van der Waals surface area contributed by atoms with Crippen molar-refractivity contribution >= 4 is 21.8 Å². The minimum atomic E-state index is -0.0271. The van der Waals surface area contributed by atoms with Crippen molar-refractivity contribution in [3.05, 3.63) is 28.5 Å². The zero-order valence-electron chi connectivity index (χ0n) is 8.53. The molecule has 1 saturated carbocycles. The molecule has 0 aliphatic heterocycles. The average molecular weight is 269 g/mol. The highest BCUT2D eigenvalue weighted by Gasteiger charge is 2.26. The highest BCUT2D eigenvalue weighted by Crippen LogP contribution is 2.26. The average Bonchev–Trinajstić information content (AvgIpc) is 2.15. The number of nitrogens with one attached hydrogen (secondary N) is 1. The van der Waals surface area contributed by atoms with Crippen LogP contribution in [0.25, 0.3) is 0 Å². The highest BCUT2D eigenvalue weighted by atomic mass is 79.9. The minimum absolute atomic E-state index is 0.0271. The van der Waals surface area contributed by atoms with E-state index in [0.29, 0.717) is 11.6 Å². The molecule has 0 bridgehead atoms. The lowest BCUT2D eigenvalue weighted by Gasteiger charge is -2.33. The summed E-state index contributed by atoms with van der Waals surface area (Å²) < 4.78 is 0.831. The van der Waals surface area contributed by atoms with Gasteiger partial charge in [-0.2, -0.15) is 0 Å². The van der Waals surface area contributed by atoms with Crippen molar-refractivity contribution in [3.8, 4) is 0 Å². The largest absolute Gasteiger partial charge is 0.349 e. The Morgan fingerprint density at radius 1 is 1.53 bits per heavy atom. The zero-order valence-corrected chi connectivity index (χ0v) is 10.1. The van der Waals surface area contributed by atoms with Crippen molar-refractivity contribution in [2.24, 2.45) is 5.92 Å².